The van der Waals surface area contributed by atoms with Gasteiger partial charge in [0.1, 0.15) is 6.54 Å². The van der Waals surface area contributed by atoms with Crippen LogP contribution in [0.4, 0.5) is 4.79 Å². The zero-order valence-corrected chi connectivity index (χ0v) is 16.0. The van der Waals surface area contributed by atoms with Gasteiger partial charge in [0.15, 0.2) is 0 Å². The minimum Gasteiger partial charge on any atom is -0.353 e. The van der Waals surface area contributed by atoms with E-state index in [4.69, 9.17) is 0 Å². The summed E-state index contributed by atoms with van der Waals surface area (Å²) in [6.45, 7) is 7.39. The number of nitrogens with one attached hydrogen (secondary N) is 1. The molecule has 1 aromatic heterocycles. The van der Waals surface area contributed by atoms with Crippen molar-refractivity contribution in [2.75, 3.05) is 13.1 Å². The van der Waals surface area contributed by atoms with Gasteiger partial charge >= 0.3 is 6.03 Å². The van der Waals surface area contributed by atoms with E-state index in [2.05, 4.69) is 12.2 Å². The van der Waals surface area contributed by atoms with Gasteiger partial charge in [-0.3, -0.25) is 4.79 Å². The second-order valence-corrected chi connectivity index (χ2v) is 7.17. The van der Waals surface area contributed by atoms with E-state index < -0.39 is 0 Å². The van der Waals surface area contributed by atoms with E-state index in [1.165, 1.54) is 0 Å². The Morgan fingerprint density at radius 3 is 2.60 bits per heavy atom. The summed E-state index contributed by atoms with van der Waals surface area (Å²) in [7, 11) is 1.99. The van der Waals surface area contributed by atoms with Crippen LogP contribution < -0.4 is 5.32 Å². The molecule has 1 heterocycles. The molecule has 0 aromatic carbocycles. The number of amides is 3. The monoisotopic (exact) mass is 348 g/mol. The summed E-state index contributed by atoms with van der Waals surface area (Å²) in [6.07, 6.45) is 6.09. The highest BCUT2D eigenvalue weighted by atomic mass is 16.2. The van der Waals surface area contributed by atoms with Crippen LogP contribution in [0, 0.1) is 0 Å². The average molecular weight is 348 g/mol. The van der Waals surface area contributed by atoms with Crippen LogP contribution in [-0.4, -0.2) is 51.5 Å². The third kappa shape index (κ3) is 5.51. The molecular weight excluding hydrogens is 316 g/mol. The topological polar surface area (TPSA) is 57.6 Å². The molecule has 25 heavy (non-hydrogen) atoms. The van der Waals surface area contributed by atoms with Gasteiger partial charge in [-0.15, -0.1) is 0 Å². The van der Waals surface area contributed by atoms with Crippen LogP contribution >= 0.6 is 0 Å². The number of carbonyl (C=O) groups excluding carboxylic acids is 2. The van der Waals surface area contributed by atoms with E-state index in [-0.39, 0.29) is 24.5 Å². The number of unbranched alkanes of at least 4 members (excludes halogenated alkanes) is 1. The number of carbonyl (C=O) groups is 2. The maximum atomic E-state index is 12.9. The number of aryl methyl sites for hydroxylation is 1. The Hall–Kier alpha value is -1.98. The lowest BCUT2D eigenvalue weighted by molar-refractivity contribution is -0.133. The highest BCUT2D eigenvalue weighted by Gasteiger charge is 2.34. The summed E-state index contributed by atoms with van der Waals surface area (Å²) in [5.41, 5.74) is 1.11. The highest BCUT2D eigenvalue weighted by molar-refractivity contribution is 5.84. The number of hydrogen-bond acceptors (Lipinski definition) is 2. The largest absolute Gasteiger partial charge is 0.353 e. The summed E-state index contributed by atoms with van der Waals surface area (Å²) in [6, 6.07) is 4.19. The van der Waals surface area contributed by atoms with Gasteiger partial charge in [-0.25, -0.2) is 4.79 Å². The van der Waals surface area contributed by atoms with E-state index in [1.807, 2.05) is 48.7 Å². The Bertz CT molecular complexity index is 578. The van der Waals surface area contributed by atoms with E-state index >= 15 is 0 Å². The van der Waals surface area contributed by atoms with Crippen LogP contribution in [0.3, 0.4) is 0 Å². The molecule has 2 rings (SSSR count). The first kappa shape index (κ1) is 19.3. The summed E-state index contributed by atoms with van der Waals surface area (Å²) >= 11 is 0. The molecule has 1 fully saturated rings. The normalized spacial score (nSPS) is 13.8. The fourth-order valence-electron chi connectivity index (χ4n) is 2.84. The van der Waals surface area contributed by atoms with Crippen LogP contribution in [0.1, 0.15) is 52.1 Å². The molecule has 1 saturated carbocycles. The van der Waals surface area contributed by atoms with Crippen LogP contribution in [-0.2, 0) is 18.4 Å². The van der Waals surface area contributed by atoms with Crippen molar-refractivity contribution in [2.24, 2.45) is 7.05 Å². The molecule has 1 aliphatic rings. The molecule has 140 valence electrons. The van der Waals surface area contributed by atoms with E-state index in [0.29, 0.717) is 19.1 Å². The predicted octanol–water partition coefficient (Wildman–Crippen LogP) is 2.74. The zero-order chi connectivity index (χ0) is 18.4. The molecule has 3 amide bonds. The second-order valence-electron chi connectivity index (χ2n) is 7.17. The number of aromatic nitrogens is 1. The first-order chi connectivity index (χ1) is 11.9. The van der Waals surface area contributed by atoms with Crippen LogP contribution in [0.15, 0.2) is 18.3 Å². The molecule has 0 bridgehead atoms. The number of urea groups is 1. The van der Waals surface area contributed by atoms with E-state index in [1.54, 1.807) is 4.90 Å². The Kier molecular flexibility index (Phi) is 6.91. The molecule has 0 unspecified atom stereocenters. The lowest BCUT2D eigenvalue weighted by Crippen LogP contribution is -2.50. The van der Waals surface area contributed by atoms with Gasteiger partial charge in [0.05, 0.1) is 6.54 Å². The van der Waals surface area contributed by atoms with Gasteiger partial charge in [-0.05, 0) is 45.2 Å². The lowest BCUT2D eigenvalue weighted by atomic mass is 10.3. The molecule has 0 aliphatic heterocycles. The third-order valence-corrected chi connectivity index (χ3v) is 4.69. The first-order valence-electron chi connectivity index (χ1n) is 9.38. The quantitative estimate of drug-likeness (QED) is 0.698. The van der Waals surface area contributed by atoms with Crippen molar-refractivity contribution in [2.45, 2.75) is 65.1 Å². The molecule has 1 aliphatic carbocycles. The molecule has 0 spiro atoms. The highest BCUT2D eigenvalue weighted by Crippen LogP contribution is 2.28. The first-order valence-corrected chi connectivity index (χ1v) is 9.38. The smallest absolute Gasteiger partial charge is 0.318 e. The Balaban J connectivity index is 1.99. The van der Waals surface area contributed by atoms with Gasteiger partial charge in [-0.2, -0.15) is 0 Å². The Labute approximate surface area is 151 Å². The Morgan fingerprint density at radius 1 is 1.36 bits per heavy atom. The van der Waals surface area contributed by atoms with Crippen molar-refractivity contribution in [1.82, 2.24) is 19.7 Å². The fraction of sp³-hybridized carbons (Fsp3) is 0.684. The fourth-order valence-corrected chi connectivity index (χ4v) is 2.84. The molecule has 1 N–H and O–H groups in total. The predicted molar refractivity (Wildman–Crippen MR) is 99.1 cm³/mol. The van der Waals surface area contributed by atoms with E-state index in [9.17, 15) is 9.59 Å². The molecule has 0 saturated heterocycles. The molecular formula is C19H32N4O2. The summed E-state index contributed by atoms with van der Waals surface area (Å²) in [4.78, 5) is 28.9. The van der Waals surface area contributed by atoms with Crippen LogP contribution in [0.5, 0.6) is 0 Å². The molecule has 0 radical (unpaired) electrons. The maximum Gasteiger partial charge on any atom is 0.318 e. The maximum absolute atomic E-state index is 12.9. The minimum atomic E-state index is -0.147. The van der Waals surface area contributed by atoms with Gasteiger partial charge in [-0.1, -0.05) is 13.3 Å². The Morgan fingerprint density at radius 2 is 2.08 bits per heavy atom. The van der Waals surface area contributed by atoms with Crippen molar-refractivity contribution >= 4 is 11.9 Å². The number of rotatable bonds is 9. The van der Waals surface area contributed by atoms with Crippen LogP contribution in [0.25, 0.3) is 0 Å². The number of nitrogens with zero attached hydrogens (tertiary/aromatic N) is 3. The van der Waals surface area contributed by atoms with Gasteiger partial charge in [0, 0.05) is 37.6 Å². The van der Waals surface area contributed by atoms with Crippen molar-refractivity contribution in [3.63, 3.8) is 0 Å². The standard InChI is InChI=1S/C19H32N4O2/c1-5-6-11-20-19(25)22(15(2)3)14-18(24)23(16-9-10-16)13-17-8-7-12-21(17)4/h7-8,12,15-16H,5-6,9-11,13-14H2,1-4H3,(H,20,25). The van der Waals surface area contributed by atoms with Gasteiger partial charge < -0.3 is 19.7 Å². The molecule has 0 atom stereocenters. The SMILES string of the molecule is CCCCNC(=O)N(CC(=O)N(Cc1cccn1C)C1CC1)C(C)C. The lowest BCUT2D eigenvalue weighted by Gasteiger charge is -2.30. The van der Waals surface area contributed by atoms with Crippen molar-refractivity contribution < 1.29 is 9.59 Å². The van der Waals surface area contributed by atoms with Crippen molar-refractivity contribution in [3.8, 4) is 0 Å². The van der Waals surface area contributed by atoms with Crippen molar-refractivity contribution in [1.29, 1.82) is 0 Å². The van der Waals surface area contributed by atoms with Crippen LogP contribution in [0.2, 0.25) is 0 Å². The molecule has 6 nitrogen and oxygen atoms in total. The summed E-state index contributed by atoms with van der Waals surface area (Å²) in [5.74, 6) is 0.0306. The van der Waals surface area contributed by atoms with Gasteiger partial charge in [0.2, 0.25) is 5.91 Å². The second kappa shape index (κ2) is 8.92. The number of hydrogen-bond donors (Lipinski definition) is 1. The summed E-state index contributed by atoms with van der Waals surface area (Å²) in [5, 5.41) is 2.92. The van der Waals surface area contributed by atoms with E-state index in [0.717, 1.165) is 31.4 Å². The van der Waals surface area contributed by atoms with Crippen molar-refractivity contribution in [3.05, 3.63) is 24.0 Å². The summed E-state index contributed by atoms with van der Waals surface area (Å²) < 4.78 is 2.04. The average Bonchev–Trinajstić information content (AvgIpc) is 3.32. The third-order valence-electron chi connectivity index (χ3n) is 4.69. The minimum absolute atomic E-state index is 0.0123. The molecule has 1 aromatic rings. The van der Waals surface area contributed by atoms with Gasteiger partial charge in [0.25, 0.3) is 0 Å². The zero-order valence-electron chi connectivity index (χ0n) is 16.0. The molecule has 6 heteroatoms.